The second-order valence-electron chi connectivity index (χ2n) is 6.46. The molecule has 2 aromatic heterocycles. The first kappa shape index (κ1) is 19.0. The molecule has 9 heteroatoms. The molecule has 29 heavy (non-hydrogen) atoms. The van der Waals surface area contributed by atoms with Crippen LogP contribution in [0, 0.1) is 6.92 Å². The van der Waals surface area contributed by atoms with Crippen LogP contribution < -0.4 is 10.4 Å². The molecule has 0 aliphatic carbocycles. The number of nitrogens with one attached hydrogen (secondary N) is 1. The molecular weight excluding hydrogens is 392 g/mol. The Morgan fingerprint density at radius 2 is 1.97 bits per heavy atom. The monoisotopic (exact) mass is 410 g/mol. The quantitative estimate of drug-likeness (QED) is 0.490. The normalized spacial score (nSPS) is 12.2. The van der Waals surface area contributed by atoms with Crippen LogP contribution in [0.5, 0.6) is 5.75 Å². The molecule has 2 aromatic carbocycles. The van der Waals surface area contributed by atoms with E-state index in [1.165, 1.54) is 4.57 Å². The highest BCUT2D eigenvalue weighted by Gasteiger charge is 2.16. The van der Waals surface area contributed by atoms with Gasteiger partial charge in [-0.25, -0.2) is 23.5 Å². The molecule has 0 bridgehead atoms. The lowest BCUT2D eigenvalue weighted by Crippen LogP contribution is -2.15. The first-order valence-corrected chi connectivity index (χ1v) is 10.0. The topological polar surface area (TPSA) is 110 Å². The van der Waals surface area contributed by atoms with Crippen LogP contribution >= 0.6 is 0 Å². The molecule has 4 aromatic rings. The maximum Gasteiger partial charge on any atom is 0.332 e. The van der Waals surface area contributed by atoms with Gasteiger partial charge in [-0.2, -0.15) is 0 Å². The number of H-pyrrole nitrogens is 1. The van der Waals surface area contributed by atoms with Crippen molar-refractivity contribution in [2.24, 2.45) is 0 Å². The van der Waals surface area contributed by atoms with Crippen molar-refractivity contribution in [2.75, 3.05) is 7.11 Å². The van der Waals surface area contributed by atoms with Gasteiger partial charge in [0.25, 0.3) is 0 Å². The maximum atomic E-state index is 12.7. The number of aromatic amines is 1. The Bertz CT molecular complexity index is 1300. The number of rotatable bonds is 5. The van der Waals surface area contributed by atoms with E-state index in [2.05, 4.69) is 15.0 Å². The number of methoxy groups -OCH3 is 1. The summed E-state index contributed by atoms with van der Waals surface area (Å²) >= 11 is -1.94. The lowest BCUT2D eigenvalue weighted by molar-refractivity contribution is 0.414. The average Bonchev–Trinajstić information content (AvgIpc) is 3.04. The first-order valence-electron chi connectivity index (χ1n) is 8.77. The summed E-state index contributed by atoms with van der Waals surface area (Å²) in [5.74, 6) is 1.07. The van der Waals surface area contributed by atoms with Gasteiger partial charge >= 0.3 is 5.69 Å². The molecule has 0 spiro atoms. The van der Waals surface area contributed by atoms with Crippen LogP contribution in [0.15, 0.2) is 53.3 Å². The standard InChI is InChI=1S/C20H18N4O4S/c1-12-17-19(24(20(25)22-17)15-7-4-8-16(10-15)28-2)23-18(21-12)14-6-3-5-13(9-14)11-29(26)27/h3-10H,11H2,1-2H3,(H,22,25)(H,26,27). The summed E-state index contributed by atoms with van der Waals surface area (Å²) in [6.07, 6.45) is 0. The molecule has 0 amide bonds. The largest absolute Gasteiger partial charge is 0.497 e. The van der Waals surface area contributed by atoms with Gasteiger partial charge in [0, 0.05) is 11.6 Å². The molecule has 0 saturated carbocycles. The van der Waals surface area contributed by atoms with Crippen LogP contribution in [0.3, 0.4) is 0 Å². The number of aryl methyl sites for hydroxylation is 1. The van der Waals surface area contributed by atoms with Gasteiger partial charge in [-0.3, -0.25) is 0 Å². The zero-order valence-electron chi connectivity index (χ0n) is 15.7. The highest BCUT2D eigenvalue weighted by atomic mass is 32.2. The molecule has 0 fully saturated rings. The van der Waals surface area contributed by atoms with Gasteiger partial charge in [0.1, 0.15) is 11.3 Å². The molecule has 2 N–H and O–H groups in total. The molecule has 0 aliphatic rings. The lowest BCUT2D eigenvalue weighted by atomic mass is 10.1. The molecule has 8 nitrogen and oxygen atoms in total. The fourth-order valence-electron chi connectivity index (χ4n) is 3.19. The van der Waals surface area contributed by atoms with E-state index < -0.39 is 11.1 Å². The molecule has 1 atom stereocenters. The van der Waals surface area contributed by atoms with Crippen LogP contribution in [0.1, 0.15) is 11.3 Å². The highest BCUT2D eigenvalue weighted by molar-refractivity contribution is 7.78. The molecule has 2 heterocycles. The third-order valence-electron chi connectivity index (χ3n) is 4.50. The summed E-state index contributed by atoms with van der Waals surface area (Å²) < 4.78 is 27.0. The molecule has 148 valence electrons. The number of imidazole rings is 1. The number of hydrogen-bond acceptors (Lipinski definition) is 5. The Hall–Kier alpha value is -3.30. The van der Waals surface area contributed by atoms with Crippen molar-refractivity contribution >= 4 is 22.2 Å². The summed E-state index contributed by atoms with van der Waals surface area (Å²) in [6.45, 7) is 1.80. The number of benzene rings is 2. The predicted molar refractivity (Wildman–Crippen MR) is 111 cm³/mol. The van der Waals surface area contributed by atoms with Crippen molar-refractivity contribution in [3.05, 3.63) is 70.3 Å². The predicted octanol–water partition coefficient (Wildman–Crippen LogP) is 2.81. The number of ether oxygens (including phenoxy) is 1. The van der Waals surface area contributed by atoms with Gasteiger partial charge < -0.3 is 14.3 Å². The van der Waals surface area contributed by atoms with E-state index in [0.29, 0.717) is 45.2 Å². The van der Waals surface area contributed by atoms with Gasteiger partial charge in [-0.1, -0.05) is 24.3 Å². The van der Waals surface area contributed by atoms with Crippen LogP contribution in [0.25, 0.3) is 28.2 Å². The van der Waals surface area contributed by atoms with Gasteiger partial charge in [0.2, 0.25) is 0 Å². The minimum atomic E-state index is -1.94. The Kier molecular flexibility index (Phi) is 4.99. The van der Waals surface area contributed by atoms with Crippen molar-refractivity contribution < 1.29 is 13.5 Å². The number of fused-ring (bicyclic) bond motifs is 1. The van der Waals surface area contributed by atoms with Gasteiger partial charge in [-0.15, -0.1) is 0 Å². The van der Waals surface area contributed by atoms with Crippen molar-refractivity contribution in [3.63, 3.8) is 0 Å². The summed E-state index contributed by atoms with van der Waals surface area (Å²) in [5, 5.41) is 0. The molecular formula is C20H18N4O4S. The lowest BCUT2D eigenvalue weighted by Gasteiger charge is -2.08. The van der Waals surface area contributed by atoms with E-state index in [9.17, 15) is 9.00 Å². The number of aromatic nitrogens is 4. The fourth-order valence-corrected chi connectivity index (χ4v) is 3.65. The van der Waals surface area contributed by atoms with Crippen molar-refractivity contribution in [2.45, 2.75) is 12.7 Å². The summed E-state index contributed by atoms with van der Waals surface area (Å²) in [4.78, 5) is 24.6. The zero-order valence-corrected chi connectivity index (χ0v) is 16.6. The highest BCUT2D eigenvalue weighted by Crippen LogP contribution is 2.24. The smallest absolute Gasteiger partial charge is 0.332 e. The van der Waals surface area contributed by atoms with E-state index in [-0.39, 0.29) is 11.4 Å². The average molecular weight is 410 g/mol. The van der Waals surface area contributed by atoms with Crippen molar-refractivity contribution in [3.8, 4) is 22.8 Å². The van der Waals surface area contributed by atoms with Crippen molar-refractivity contribution in [1.29, 1.82) is 0 Å². The Labute approximate surface area is 168 Å². The minimum Gasteiger partial charge on any atom is -0.497 e. The van der Waals surface area contributed by atoms with E-state index >= 15 is 0 Å². The fraction of sp³-hybridized carbons (Fsp3) is 0.150. The molecule has 4 rings (SSSR count). The summed E-state index contributed by atoms with van der Waals surface area (Å²) in [6, 6.07) is 14.3. The minimum absolute atomic E-state index is 0.0216. The Morgan fingerprint density at radius 1 is 1.17 bits per heavy atom. The summed E-state index contributed by atoms with van der Waals surface area (Å²) in [5.41, 5.74) is 3.31. The van der Waals surface area contributed by atoms with E-state index in [1.54, 1.807) is 56.5 Å². The maximum absolute atomic E-state index is 12.7. The first-order chi connectivity index (χ1) is 14.0. The molecule has 0 aliphatic heterocycles. The van der Waals surface area contributed by atoms with Crippen LogP contribution in [-0.4, -0.2) is 35.4 Å². The molecule has 0 saturated heterocycles. The molecule has 1 unspecified atom stereocenters. The van der Waals surface area contributed by atoms with Gasteiger partial charge in [0.05, 0.1) is 24.2 Å². The second-order valence-corrected chi connectivity index (χ2v) is 7.40. The SMILES string of the molecule is COc1cccc(-n2c(=O)[nH]c3c(C)nc(-c4cccc(CS(=O)O)c4)nc32)c1. The van der Waals surface area contributed by atoms with Gasteiger partial charge in [0.15, 0.2) is 22.6 Å². The van der Waals surface area contributed by atoms with E-state index in [1.807, 2.05) is 6.07 Å². The zero-order chi connectivity index (χ0) is 20.5. The third-order valence-corrected chi connectivity index (χ3v) is 5.08. The van der Waals surface area contributed by atoms with Crippen LogP contribution in [0.4, 0.5) is 0 Å². The second kappa shape index (κ2) is 7.61. The summed E-state index contributed by atoms with van der Waals surface area (Å²) in [7, 11) is 1.56. The third kappa shape index (κ3) is 3.69. The van der Waals surface area contributed by atoms with E-state index in [4.69, 9.17) is 9.29 Å². The van der Waals surface area contributed by atoms with Crippen LogP contribution in [0.2, 0.25) is 0 Å². The number of hydrogen-bond donors (Lipinski definition) is 2. The Morgan fingerprint density at radius 3 is 2.72 bits per heavy atom. The molecule has 0 radical (unpaired) electrons. The van der Waals surface area contributed by atoms with Crippen LogP contribution in [-0.2, 0) is 16.8 Å². The van der Waals surface area contributed by atoms with Gasteiger partial charge in [-0.05, 0) is 30.7 Å². The number of nitrogens with zero attached hydrogens (tertiary/aromatic N) is 3. The van der Waals surface area contributed by atoms with Crippen molar-refractivity contribution in [1.82, 2.24) is 19.5 Å². The Balaban J connectivity index is 1.91. The van der Waals surface area contributed by atoms with E-state index in [0.717, 1.165) is 0 Å².